The highest BCUT2D eigenvalue weighted by atomic mass is 16.2. The monoisotopic (exact) mass is 248 g/mol. The predicted molar refractivity (Wildman–Crippen MR) is 70.5 cm³/mol. The Kier molecular flexibility index (Phi) is 6.77. The molecule has 1 saturated heterocycles. The topological polar surface area (TPSA) is 49.4 Å². The van der Waals surface area contributed by atoms with Crippen LogP contribution < -0.4 is 10.2 Å². The summed E-state index contributed by atoms with van der Waals surface area (Å²) in [6.45, 7) is 6.71. The molecule has 1 aliphatic rings. The third kappa shape index (κ3) is 4.70. The van der Waals surface area contributed by atoms with E-state index in [-0.39, 0.29) is 6.15 Å². The molecule has 0 spiro atoms. The summed E-state index contributed by atoms with van der Waals surface area (Å²) in [7, 11) is 0. The Labute approximate surface area is 108 Å². The van der Waals surface area contributed by atoms with Crippen molar-refractivity contribution in [1.29, 1.82) is 0 Å². The lowest BCUT2D eigenvalue weighted by molar-refractivity contribution is -0.191. The van der Waals surface area contributed by atoms with Gasteiger partial charge in [0.2, 0.25) is 0 Å². The lowest BCUT2D eigenvalue weighted by Gasteiger charge is -2.29. The zero-order chi connectivity index (χ0) is 13.2. The van der Waals surface area contributed by atoms with E-state index in [0.717, 1.165) is 26.2 Å². The van der Waals surface area contributed by atoms with Gasteiger partial charge in [-0.05, 0) is 24.1 Å². The fraction of sp³-hybridized carbons (Fsp3) is 0.500. The third-order valence-corrected chi connectivity index (χ3v) is 2.96. The van der Waals surface area contributed by atoms with Crippen LogP contribution in [0.3, 0.4) is 0 Å². The summed E-state index contributed by atoms with van der Waals surface area (Å²) in [6.07, 6.45) is 2.68. The minimum Gasteiger partial charge on any atom is -0.369 e. The van der Waals surface area contributed by atoms with Crippen molar-refractivity contribution in [2.75, 3.05) is 31.1 Å². The standard InChI is InChI=1S/C13H20N2.CO2/c1-2-3-12-4-6-13(7-5-12)15-10-8-14-9-11-15;2-1-3/h4-7,14H,2-3,8-11H2,1H3;. The van der Waals surface area contributed by atoms with Crippen molar-refractivity contribution >= 4 is 11.8 Å². The Morgan fingerprint density at radius 1 is 1.17 bits per heavy atom. The van der Waals surface area contributed by atoms with E-state index in [2.05, 4.69) is 41.4 Å². The number of rotatable bonds is 3. The van der Waals surface area contributed by atoms with Crippen LogP contribution in [0.1, 0.15) is 18.9 Å². The molecule has 0 unspecified atom stereocenters. The predicted octanol–water partition coefficient (Wildman–Crippen LogP) is 1.47. The van der Waals surface area contributed by atoms with Crippen LogP contribution in [0.25, 0.3) is 0 Å². The summed E-state index contributed by atoms with van der Waals surface area (Å²) in [5.41, 5.74) is 2.83. The maximum atomic E-state index is 8.12. The second-order valence-electron chi connectivity index (χ2n) is 4.24. The van der Waals surface area contributed by atoms with Crippen molar-refractivity contribution < 1.29 is 9.59 Å². The molecule has 0 bridgehead atoms. The molecule has 1 heterocycles. The minimum atomic E-state index is 0.250. The second kappa shape index (κ2) is 8.45. The number of nitrogens with zero attached hydrogens (tertiary/aromatic N) is 1. The molecular formula is C14H20N2O2. The smallest absolute Gasteiger partial charge is 0.369 e. The Morgan fingerprint density at radius 3 is 2.22 bits per heavy atom. The van der Waals surface area contributed by atoms with Gasteiger partial charge in [0.25, 0.3) is 0 Å². The Morgan fingerprint density at radius 2 is 1.72 bits per heavy atom. The molecule has 1 aromatic rings. The number of nitrogens with one attached hydrogen (secondary N) is 1. The molecule has 1 aliphatic heterocycles. The third-order valence-electron chi connectivity index (χ3n) is 2.96. The van der Waals surface area contributed by atoms with Gasteiger partial charge in [0.15, 0.2) is 0 Å². The van der Waals surface area contributed by atoms with Gasteiger partial charge in [-0.3, -0.25) is 0 Å². The second-order valence-corrected chi connectivity index (χ2v) is 4.24. The Hall–Kier alpha value is -1.64. The SMILES string of the molecule is CCCc1ccc(N2CCNCC2)cc1.O=C=O. The van der Waals surface area contributed by atoms with Crippen molar-refractivity contribution in [3.63, 3.8) is 0 Å². The van der Waals surface area contributed by atoms with E-state index >= 15 is 0 Å². The van der Waals surface area contributed by atoms with Gasteiger partial charge in [-0.2, -0.15) is 9.59 Å². The van der Waals surface area contributed by atoms with E-state index < -0.39 is 0 Å². The minimum absolute atomic E-state index is 0.250. The summed E-state index contributed by atoms with van der Waals surface area (Å²) >= 11 is 0. The van der Waals surface area contributed by atoms with Gasteiger partial charge in [0.1, 0.15) is 0 Å². The molecule has 0 aliphatic carbocycles. The van der Waals surface area contributed by atoms with Crippen molar-refractivity contribution in [1.82, 2.24) is 5.32 Å². The first-order valence-electron chi connectivity index (χ1n) is 6.35. The van der Waals surface area contributed by atoms with Crippen LogP contribution in [0.2, 0.25) is 0 Å². The fourth-order valence-electron chi connectivity index (χ4n) is 2.09. The molecular weight excluding hydrogens is 228 g/mol. The first-order chi connectivity index (χ1) is 8.81. The first-order valence-corrected chi connectivity index (χ1v) is 6.35. The number of carbonyl (C=O) groups excluding carboxylic acids is 2. The largest absolute Gasteiger partial charge is 0.373 e. The molecule has 1 N–H and O–H groups in total. The molecule has 0 radical (unpaired) electrons. The molecule has 4 heteroatoms. The summed E-state index contributed by atoms with van der Waals surface area (Å²) in [6, 6.07) is 9.05. The zero-order valence-electron chi connectivity index (χ0n) is 10.8. The zero-order valence-corrected chi connectivity index (χ0v) is 10.8. The van der Waals surface area contributed by atoms with Crippen LogP contribution in [-0.2, 0) is 16.0 Å². The average molecular weight is 248 g/mol. The van der Waals surface area contributed by atoms with Crippen molar-refractivity contribution in [3.8, 4) is 0 Å². The molecule has 18 heavy (non-hydrogen) atoms. The average Bonchev–Trinajstić information content (AvgIpc) is 2.42. The molecule has 0 saturated carbocycles. The molecule has 1 aromatic carbocycles. The number of anilines is 1. The molecule has 0 amide bonds. The van der Waals surface area contributed by atoms with Crippen LogP contribution in [0.15, 0.2) is 24.3 Å². The molecule has 0 aromatic heterocycles. The lowest BCUT2D eigenvalue weighted by atomic mass is 10.1. The highest BCUT2D eigenvalue weighted by molar-refractivity contribution is 5.48. The Balaban J connectivity index is 0.000000492. The van der Waals surface area contributed by atoms with Crippen molar-refractivity contribution in [3.05, 3.63) is 29.8 Å². The quantitative estimate of drug-likeness (QED) is 0.880. The molecule has 98 valence electrons. The van der Waals surface area contributed by atoms with E-state index in [1.54, 1.807) is 0 Å². The van der Waals surface area contributed by atoms with Gasteiger partial charge < -0.3 is 10.2 Å². The molecule has 1 fully saturated rings. The number of piperazine rings is 1. The summed E-state index contributed by atoms with van der Waals surface area (Å²) in [5.74, 6) is 0. The van der Waals surface area contributed by atoms with Gasteiger partial charge in [-0.1, -0.05) is 25.5 Å². The van der Waals surface area contributed by atoms with Crippen molar-refractivity contribution in [2.24, 2.45) is 0 Å². The highest BCUT2D eigenvalue weighted by Gasteiger charge is 2.09. The first kappa shape index (κ1) is 14.4. The van der Waals surface area contributed by atoms with Gasteiger partial charge in [-0.25, -0.2) is 0 Å². The Bertz CT molecular complexity index is 364. The van der Waals surface area contributed by atoms with E-state index in [1.807, 2.05) is 0 Å². The number of aryl methyl sites for hydroxylation is 1. The van der Waals surface area contributed by atoms with Crippen LogP contribution in [0.5, 0.6) is 0 Å². The highest BCUT2D eigenvalue weighted by Crippen LogP contribution is 2.16. The lowest BCUT2D eigenvalue weighted by Crippen LogP contribution is -2.43. The van der Waals surface area contributed by atoms with Crippen LogP contribution in [0, 0.1) is 0 Å². The molecule has 2 rings (SSSR count). The number of benzene rings is 1. The van der Waals surface area contributed by atoms with E-state index in [1.165, 1.54) is 24.1 Å². The summed E-state index contributed by atoms with van der Waals surface area (Å²) in [4.78, 5) is 18.7. The van der Waals surface area contributed by atoms with Gasteiger partial charge in [0.05, 0.1) is 0 Å². The van der Waals surface area contributed by atoms with E-state index in [4.69, 9.17) is 9.59 Å². The van der Waals surface area contributed by atoms with Crippen LogP contribution in [-0.4, -0.2) is 32.3 Å². The molecule has 4 nitrogen and oxygen atoms in total. The molecule has 0 atom stereocenters. The fourth-order valence-corrected chi connectivity index (χ4v) is 2.09. The summed E-state index contributed by atoms with van der Waals surface area (Å²) in [5, 5.41) is 3.37. The number of hydrogen-bond donors (Lipinski definition) is 1. The van der Waals surface area contributed by atoms with Crippen molar-refractivity contribution in [2.45, 2.75) is 19.8 Å². The van der Waals surface area contributed by atoms with Gasteiger partial charge in [-0.15, -0.1) is 0 Å². The maximum absolute atomic E-state index is 8.12. The van der Waals surface area contributed by atoms with E-state index in [9.17, 15) is 0 Å². The van der Waals surface area contributed by atoms with Crippen LogP contribution >= 0.6 is 0 Å². The van der Waals surface area contributed by atoms with Crippen LogP contribution in [0.4, 0.5) is 5.69 Å². The normalized spacial score (nSPS) is 14.4. The maximum Gasteiger partial charge on any atom is 0.373 e. The number of hydrogen-bond acceptors (Lipinski definition) is 4. The van der Waals surface area contributed by atoms with Gasteiger partial charge >= 0.3 is 6.15 Å². The summed E-state index contributed by atoms with van der Waals surface area (Å²) < 4.78 is 0. The van der Waals surface area contributed by atoms with E-state index in [0.29, 0.717) is 0 Å². The van der Waals surface area contributed by atoms with Gasteiger partial charge in [0, 0.05) is 31.9 Å².